The van der Waals surface area contributed by atoms with Gasteiger partial charge < -0.3 is 15.0 Å². The van der Waals surface area contributed by atoms with E-state index in [2.05, 4.69) is 5.32 Å². The predicted molar refractivity (Wildman–Crippen MR) is 135 cm³/mol. The average molecular weight is 541 g/mol. The van der Waals surface area contributed by atoms with E-state index in [0.29, 0.717) is 11.3 Å². The molecule has 1 atom stereocenters. The maximum absolute atomic E-state index is 13.9. The second kappa shape index (κ2) is 11.0. The molecule has 0 aromatic heterocycles. The van der Waals surface area contributed by atoms with Gasteiger partial charge in [0, 0.05) is 36.0 Å². The van der Waals surface area contributed by atoms with Crippen LogP contribution in [0.2, 0.25) is 10.0 Å². The van der Waals surface area contributed by atoms with Gasteiger partial charge in [0.15, 0.2) is 0 Å². The van der Waals surface area contributed by atoms with Crippen molar-refractivity contribution in [1.82, 2.24) is 5.32 Å². The molecule has 0 aliphatic carbocycles. The summed E-state index contributed by atoms with van der Waals surface area (Å²) in [7, 11) is -3.22. The Balaban J connectivity index is 2.00. The fourth-order valence-corrected chi connectivity index (χ4v) is 5.03. The molecule has 0 radical (unpaired) electrons. The lowest BCUT2D eigenvalue weighted by Gasteiger charge is -2.30. The number of fused-ring (bicyclic) bond motifs is 1. The van der Waals surface area contributed by atoms with Crippen LogP contribution in [-0.4, -0.2) is 51.4 Å². The molecule has 1 heterocycles. The molecule has 1 aliphatic heterocycles. The van der Waals surface area contributed by atoms with Gasteiger partial charge in [-0.05, 0) is 44.0 Å². The number of carbonyl (C=O) groups excluding carboxylic acids is 3. The first-order chi connectivity index (χ1) is 16.5. The van der Waals surface area contributed by atoms with E-state index in [1.807, 2.05) is 0 Å². The SMILES string of the molecule is CCOC(=O)CCC1(NC(=O)c2ccc(Cl)c(Cl)c2)C(=O)N(CCCS(C)(=O)=O)c2ccccc21. The summed E-state index contributed by atoms with van der Waals surface area (Å²) in [4.78, 5) is 40.8. The van der Waals surface area contributed by atoms with Crippen LogP contribution in [0.4, 0.5) is 5.69 Å². The standard InChI is InChI=1S/C24H26Cl2N2O6S/c1-3-34-21(29)11-12-24(27-22(30)16-9-10-18(25)19(26)15-16)17-7-4-5-8-20(17)28(23(24)31)13-6-14-35(2,32)33/h4-5,7-10,15H,3,6,11-14H2,1-2H3,(H,27,30). The number of carbonyl (C=O) groups is 3. The average Bonchev–Trinajstić information content (AvgIpc) is 3.02. The number of rotatable bonds is 10. The van der Waals surface area contributed by atoms with Crippen molar-refractivity contribution in [2.45, 2.75) is 31.7 Å². The second-order valence-corrected chi connectivity index (χ2v) is 11.3. The first-order valence-electron chi connectivity index (χ1n) is 11.0. The number of esters is 1. The van der Waals surface area contributed by atoms with Crippen molar-refractivity contribution < 1.29 is 27.5 Å². The third-order valence-electron chi connectivity index (χ3n) is 5.68. The fourth-order valence-electron chi connectivity index (χ4n) is 4.08. The lowest BCUT2D eigenvalue weighted by atomic mass is 9.86. The number of ether oxygens (including phenoxy) is 1. The van der Waals surface area contributed by atoms with Crippen molar-refractivity contribution in [3.05, 3.63) is 63.6 Å². The van der Waals surface area contributed by atoms with E-state index in [1.165, 1.54) is 23.1 Å². The van der Waals surface area contributed by atoms with Crippen molar-refractivity contribution in [2.75, 3.05) is 30.1 Å². The molecule has 35 heavy (non-hydrogen) atoms. The Hall–Kier alpha value is -2.62. The number of anilines is 1. The topological polar surface area (TPSA) is 110 Å². The molecule has 1 unspecified atom stereocenters. The number of nitrogens with zero attached hydrogens (tertiary/aromatic N) is 1. The Kier molecular flexibility index (Phi) is 8.46. The van der Waals surface area contributed by atoms with Gasteiger partial charge in [-0.1, -0.05) is 41.4 Å². The molecule has 2 aromatic carbocycles. The minimum Gasteiger partial charge on any atom is -0.466 e. The molecule has 0 fully saturated rings. The molecule has 1 N–H and O–H groups in total. The first-order valence-corrected chi connectivity index (χ1v) is 13.8. The van der Waals surface area contributed by atoms with Crippen LogP contribution in [-0.2, 0) is 29.7 Å². The Labute approximate surface area is 214 Å². The number of nitrogens with one attached hydrogen (secondary N) is 1. The highest BCUT2D eigenvalue weighted by atomic mass is 35.5. The summed E-state index contributed by atoms with van der Waals surface area (Å²) in [5.74, 6) is -1.63. The van der Waals surface area contributed by atoms with Gasteiger partial charge in [0.05, 0.1) is 22.4 Å². The molecule has 2 amide bonds. The van der Waals surface area contributed by atoms with Crippen LogP contribution in [0.1, 0.15) is 42.1 Å². The van der Waals surface area contributed by atoms with Gasteiger partial charge in [0.1, 0.15) is 15.4 Å². The fraction of sp³-hybridized carbons (Fsp3) is 0.375. The third kappa shape index (κ3) is 6.15. The normalized spacial score (nSPS) is 17.3. The lowest BCUT2D eigenvalue weighted by Crippen LogP contribution is -2.53. The molecule has 1 aliphatic rings. The molecule has 0 bridgehead atoms. The maximum atomic E-state index is 13.9. The summed E-state index contributed by atoms with van der Waals surface area (Å²) in [6, 6.07) is 11.3. The number of benzene rings is 2. The molecule has 3 rings (SSSR count). The van der Waals surface area contributed by atoms with Crippen LogP contribution in [0.15, 0.2) is 42.5 Å². The van der Waals surface area contributed by atoms with Crippen molar-refractivity contribution >= 4 is 56.5 Å². The predicted octanol–water partition coefficient (Wildman–Crippen LogP) is 3.74. The Morgan fingerprint density at radius 1 is 1.11 bits per heavy atom. The smallest absolute Gasteiger partial charge is 0.305 e. The number of halogens is 2. The molecule has 0 spiro atoms. The van der Waals surface area contributed by atoms with Crippen LogP contribution in [0.25, 0.3) is 0 Å². The molecular formula is C24H26Cl2N2O6S. The van der Waals surface area contributed by atoms with Gasteiger partial charge in [-0.15, -0.1) is 0 Å². The number of amides is 2. The lowest BCUT2D eigenvalue weighted by molar-refractivity contribution is -0.143. The molecular weight excluding hydrogens is 515 g/mol. The summed E-state index contributed by atoms with van der Waals surface area (Å²) < 4.78 is 28.3. The zero-order valence-electron chi connectivity index (χ0n) is 19.3. The van der Waals surface area contributed by atoms with Gasteiger partial charge in [-0.25, -0.2) is 8.42 Å². The molecule has 0 saturated carbocycles. The summed E-state index contributed by atoms with van der Waals surface area (Å²) in [5, 5.41) is 3.30. The van der Waals surface area contributed by atoms with Crippen LogP contribution < -0.4 is 10.2 Å². The van der Waals surface area contributed by atoms with Crippen molar-refractivity contribution in [3.8, 4) is 0 Å². The van der Waals surface area contributed by atoms with Gasteiger partial charge in [0.25, 0.3) is 11.8 Å². The molecule has 188 valence electrons. The van der Waals surface area contributed by atoms with Crippen molar-refractivity contribution in [1.29, 1.82) is 0 Å². The molecule has 11 heteroatoms. The largest absolute Gasteiger partial charge is 0.466 e. The summed E-state index contributed by atoms with van der Waals surface area (Å²) in [6.45, 7) is 2.00. The highest BCUT2D eigenvalue weighted by molar-refractivity contribution is 7.90. The maximum Gasteiger partial charge on any atom is 0.305 e. The van der Waals surface area contributed by atoms with Crippen LogP contribution in [0, 0.1) is 0 Å². The molecule has 0 saturated heterocycles. The Bertz CT molecular complexity index is 1250. The van der Waals surface area contributed by atoms with E-state index in [9.17, 15) is 22.8 Å². The van der Waals surface area contributed by atoms with E-state index in [-0.39, 0.29) is 53.8 Å². The Morgan fingerprint density at radius 2 is 1.83 bits per heavy atom. The number of para-hydroxylation sites is 1. The summed E-state index contributed by atoms with van der Waals surface area (Å²) >= 11 is 12.0. The van der Waals surface area contributed by atoms with E-state index in [1.54, 1.807) is 31.2 Å². The van der Waals surface area contributed by atoms with E-state index in [4.69, 9.17) is 27.9 Å². The highest BCUT2D eigenvalue weighted by Gasteiger charge is 2.51. The van der Waals surface area contributed by atoms with E-state index >= 15 is 0 Å². The van der Waals surface area contributed by atoms with Crippen molar-refractivity contribution in [2.24, 2.45) is 0 Å². The van der Waals surface area contributed by atoms with Crippen LogP contribution in [0.3, 0.4) is 0 Å². The van der Waals surface area contributed by atoms with E-state index < -0.39 is 33.2 Å². The van der Waals surface area contributed by atoms with Gasteiger partial charge in [-0.3, -0.25) is 14.4 Å². The molecule has 8 nitrogen and oxygen atoms in total. The van der Waals surface area contributed by atoms with Crippen LogP contribution in [0.5, 0.6) is 0 Å². The monoisotopic (exact) mass is 540 g/mol. The van der Waals surface area contributed by atoms with Gasteiger partial charge in [0.2, 0.25) is 0 Å². The first kappa shape index (κ1) is 27.0. The van der Waals surface area contributed by atoms with Gasteiger partial charge >= 0.3 is 5.97 Å². The quantitative estimate of drug-likeness (QED) is 0.459. The molecule has 2 aromatic rings. The number of sulfone groups is 1. The summed E-state index contributed by atoms with van der Waals surface area (Å²) in [5.41, 5.74) is -0.306. The minimum atomic E-state index is -3.22. The minimum absolute atomic E-state index is 0.0443. The number of hydrogen-bond acceptors (Lipinski definition) is 6. The highest BCUT2D eigenvalue weighted by Crippen LogP contribution is 2.43. The Morgan fingerprint density at radius 3 is 2.49 bits per heavy atom. The van der Waals surface area contributed by atoms with Crippen molar-refractivity contribution in [3.63, 3.8) is 0 Å². The van der Waals surface area contributed by atoms with Crippen LogP contribution >= 0.6 is 23.2 Å². The van der Waals surface area contributed by atoms with E-state index in [0.717, 1.165) is 6.26 Å². The second-order valence-electron chi connectivity index (χ2n) is 8.25. The zero-order valence-corrected chi connectivity index (χ0v) is 21.7. The van der Waals surface area contributed by atoms with Gasteiger partial charge in [-0.2, -0.15) is 0 Å². The third-order valence-corrected chi connectivity index (χ3v) is 7.45. The number of hydrogen-bond donors (Lipinski definition) is 1. The summed E-state index contributed by atoms with van der Waals surface area (Å²) in [6.07, 6.45) is 1.19. The zero-order chi connectivity index (χ0) is 25.8.